The van der Waals surface area contributed by atoms with Gasteiger partial charge in [0.05, 0.1) is 35.8 Å². The predicted octanol–water partition coefficient (Wildman–Crippen LogP) is -3.64. The molecule has 10 nitrogen and oxygen atoms in total. The number of thioether (sulfide) groups is 1. The van der Waals surface area contributed by atoms with Crippen molar-refractivity contribution in [1.82, 2.24) is 14.8 Å². The van der Waals surface area contributed by atoms with Gasteiger partial charge >= 0.3 is 29.6 Å². The van der Waals surface area contributed by atoms with Gasteiger partial charge in [0.15, 0.2) is 5.13 Å². The summed E-state index contributed by atoms with van der Waals surface area (Å²) in [6.45, 7) is 5.94. The monoisotopic (exact) mass is 516 g/mol. The maximum absolute atomic E-state index is 12.5. The molecule has 1 aromatic heterocycles. The molecule has 1 aromatic rings. The van der Waals surface area contributed by atoms with Crippen LogP contribution in [0.4, 0.5) is 5.13 Å². The average molecular weight is 517 g/mol. The van der Waals surface area contributed by atoms with Gasteiger partial charge < -0.3 is 34.4 Å². The van der Waals surface area contributed by atoms with E-state index in [2.05, 4.69) is 9.88 Å². The van der Waals surface area contributed by atoms with E-state index in [0.717, 1.165) is 5.13 Å². The molecule has 34 heavy (non-hydrogen) atoms. The molecule has 4 aliphatic heterocycles. The number of aromatic nitrogens is 1. The molecule has 3 fully saturated rings. The zero-order valence-corrected chi connectivity index (χ0v) is 23.1. The maximum Gasteiger partial charge on any atom is 1.00 e. The number of carbonyl (C=O) groups excluding carboxylic acids is 3. The summed E-state index contributed by atoms with van der Waals surface area (Å²) in [6.07, 6.45) is -0.734. The fraction of sp³-hybridized carbons (Fsp3) is 0.619. The van der Waals surface area contributed by atoms with Crippen LogP contribution >= 0.6 is 23.1 Å². The minimum absolute atomic E-state index is 0. The molecule has 0 aliphatic carbocycles. The van der Waals surface area contributed by atoms with Crippen molar-refractivity contribution in [2.45, 2.75) is 37.3 Å². The number of carbonyl (C=O) groups is 3. The van der Waals surface area contributed by atoms with Crippen molar-refractivity contribution in [2.75, 3.05) is 38.2 Å². The molecule has 0 saturated carbocycles. The maximum atomic E-state index is 12.5. The number of β-lactam (4-membered cyclic amide) rings is 1. The molecule has 2 amide bonds. The van der Waals surface area contributed by atoms with Crippen molar-refractivity contribution in [1.29, 1.82) is 0 Å². The van der Waals surface area contributed by atoms with Crippen LogP contribution in [0.2, 0.25) is 0 Å². The number of rotatable bonds is 7. The first-order valence-electron chi connectivity index (χ1n) is 10.9. The smallest absolute Gasteiger partial charge is 0.543 e. The van der Waals surface area contributed by atoms with Gasteiger partial charge in [-0.3, -0.25) is 9.59 Å². The van der Waals surface area contributed by atoms with Gasteiger partial charge in [0.25, 0.3) is 5.91 Å². The average Bonchev–Trinajstić information content (AvgIpc) is 3.25. The van der Waals surface area contributed by atoms with Crippen LogP contribution in [0.1, 0.15) is 24.3 Å². The Morgan fingerprint density at radius 1 is 1.32 bits per heavy atom. The first kappa shape index (κ1) is 25.9. The molecular formula is C21H25N4NaO6S2. The number of likely N-dealkylation sites (tertiary alicyclic amines) is 1. The van der Waals surface area contributed by atoms with Crippen molar-refractivity contribution < 1.29 is 58.9 Å². The van der Waals surface area contributed by atoms with Crippen LogP contribution in [0.25, 0.3) is 0 Å². The van der Waals surface area contributed by atoms with Gasteiger partial charge in [-0.1, -0.05) is 6.92 Å². The Hall–Kier alpha value is -1.15. The molecule has 0 bridgehead atoms. The normalized spacial score (nSPS) is 27.6. The van der Waals surface area contributed by atoms with Crippen LogP contribution < -0.4 is 39.6 Å². The molecule has 0 spiro atoms. The molecule has 0 radical (unpaired) electrons. The second kappa shape index (κ2) is 9.72. The SMILES string of the molecule is COC1CN(C(=O)c2csc(N3CC(SC4=C(C(=O)[O-])N5C(=O)[C@H]([C@@H](C)O)[C@H]5[C@H]4C)C3)n2)C1.[Na+]. The Morgan fingerprint density at radius 2 is 2.00 bits per heavy atom. The number of carboxylic acid groups (broad SMARTS) is 1. The topological polar surface area (TPSA) is 126 Å². The fourth-order valence-electron chi connectivity index (χ4n) is 4.94. The first-order chi connectivity index (χ1) is 15.7. The van der Waals surface area contributed by atoms with E-state index in [4.69, 9.17) is 4.74 Å². The molecule has 4 aliphatic rings. The molecule has 0 aromatic carbocycles. The van der Waals surface area contributed by atoms with E-state index in [0.29, 0.717) is 36.8 Å². The van der Waals surface area contributed by atoms with E-state index in [1.54, 1.807) is 24.3 Å². The van der Waals surface area contributed by atoms with Crippen LogP contribution in [-0.2, 0) is 14.3 Å². The predicted molar refractivity (Wildman–Crippen MR) is 119 cm³/mol. The zero-order chi connectivity index (χ0) is 23.6. The van der Waals surface area contributed by atoms with Gasteiger partial charge in [0.1, 0.15) is 5.69 Å². The number of aliphatic hydroxyl groups excluding tert-OH is 1. The summed E-state index contributed by atoms with van der Waals surface area (Å²) >= 11 is 2.88. The summed E-state index contributed by atoms with van der Waals surface area (Å²) in [7, 11) is 1.63. The molecule has 5 rings (SSSR count). The van der Waals surface area contributed by atoms with Crippen LogP contribution in [0.5, 0.6) is 0 Å². The number of thiazole rings is 1. The van der Waals surface area contributed by atoms with Gasteiger partial charge in [-0.25, -0.2) is 4.98 Å². The Bertz CT molecular complexity index is 1040. The number of carboxylic acids is 1. The van der Waals surface area contributed by atoms with E-state index in [9.17, 15) is 24.6 Å². The van der Waals surface area contributed by atoms with Gasteiger partial charge in [-0.2, -0.15) is 0 Å². The van der Waals surface area contributed by atoms with E-state index in [1.165, 1.54) is 28.0 Å². The Kier molecular flexibility index (Phi) is 7.41. The van der Waals surface area contributed by atoms with Gasteiger partial charge in [0.2, 0.25) is 5.91 Å². The van der Waals surface area contributed by atoms with E-state index < -0.39 is 18.0 Å². The number of aliphatic hydroxyl groups is 1. The molecule has 4 atom stereocenters. The Balaban J connectivity index is 0.00000274. The number of nitrogens with zero attached hydrogens (tertiary/aromatic N) is 4. The Labute approximate surface area is 227 Å². The third-order valence-electron chi connectivity index (χ3n) is 6.89. The standard InChI is InChI=1S/C21H26N4O6S2.Na/c1-9-15-14(10(2)26)19(28)25(15)16(20(29)30)17(9)33-12-6-24(7-12)21-22-13(8-32-21)18(27)23-4-11(5-23)31-3;/h8-12,14-15,26H,4-7H2,1-3H3,(H,29,30);/q;+1/p-1/t9-,10-,14-,15-;/m1./s1. The number of hydrogen-bond donors (Lipinski definition) is 1. The summed E-state index contributed by atoms with van der Waals surface area (Å²) in [5.74, 6) is -2.56. The second-order valence-electron chi connectivity index (χ2n) is 8.98. The largest absolute Gasteiger partial charge is 1.00 e. The van der Waals surface area contributed by atoms with Crippen LogP contribution in [-0.4, -0.2) is 94.5 Å². The fourth-order valence-corrected chi connectivity index (χ4v) is 7.28. The summed E-state index contributed by atoms with van der Waals surface area (Å²) < 4.78 is 5.21. The molecule has 1 N–H and O–H groups in total. The van der Waals surface area contributed by atoms with Crippen LogP contribution in [0.3, 0.4) is 0 Å². The van der Waals surface area contributed by atoms with Crippen molar-refractivity contribution in [2.24, 2.45) is 11.8 Å². The second-order valence-corrected chi connectivity index (χ2v) is 11.2. The first-order valence-corrected chi connectivity index (χ1v) is 12.6. The minimum Gasteiger partial charge on any atom is -0.543 e. The number of aliphatic carboxylic acids is 1. The van der Waals surface area contributed by atoms with Gasteiger partial charge in [-0.15, -0.1) is 23.1 Å². The minimum atomic E-state index is -1.36. The third kappa shape index (κ3) is 4.10. The number of ether oxygens (including phenoxy) is 1. The number of fused-ring (bicyclic) bond motifs is 1. The molecule has 5 heterocycles. The summed E-state index contributed by atoms with van der Waals surface area (Å²) in [6, 6.07) is -0.337. The van der Waals surface area contributed by atoms with Gasteiger partial charge in [-0.05, 0) is 6.92 Å². The van der Waals surface area contributed by atoms with Crippen LogP contribution in [0, 0.1) is 11.8 Å². The number of hydrogen-bond acceptors (Lipinski definition) is 10. The van der Waals surface area contributed by atoms with Crippen molar-refractivity contribution in [3.05, 3.63) is 21.7 Å². The summed E-state index contributed by atoms with van der Waals surface area (Å²) in [4.78, 5) is 47.0. The molecule has 0 unspecified atom stereocenters. The van der Waals surface area contributed by atoms with E-state index >= 15 is 0 Å². The van der Waals surface area contributed by atoms with E-state index in [-0.39, 0.29) is 70.4 Å². The van der Waals surface area contributed by atoms with Crippen molar-refractivity contribution in [3.63, 3.8) is 0 Å². The molecule has 13 heteroatoms. The quantitative estimate of drug-likeness (QED) is 0.289. The molecular weight excluding hydrogens is 491 g/mol. The summed E-state index contributed by atoms with van der Waals surface area (Å²) in [5.41, 5.74) is 0.378. The molecule has 178 valence electrons. The van der Waals surface area contributed by atoms with Crippen LogP contribution in [0.15, 0.2) is 16.0 Å². The number of anilines is 1. The summed E-state index contributed by atoms with van der Waals surface area (Å²) in [5, 5.41) is 24.5. The number of methoxy groups -OCH3 is 1. The zero-order valence-electron chi connectivity index (χ0n) is 19.5. The Morgan fingerprint density at radius 3 is 2.59 bits per heavy atom. The molecule has 3 saturated heterocycles. The van der Waals surface area contributed by atoms with Crippen molar-refractivity contribution in [3.8, 4) is 0 Å². The van der Waals surface area contributed by atoms with Crippen molar-refractivity contribution >= 4 is 46.0 Å². The van der Waals surface area contributed by atoms with Gasteiger partial charge in [0, 0.05) is 54.7 Å². The third-order valence-corrected chi connectivity index (χ3v) is 9.25. The van der Waals surface area contributed by atoms with E-state index in [1.807, 2.05) is 6.92 Å². The number of amides is 2.